The highest BCUT2D eigenvalue weighted by Gasteiger charge is 2.51. The van der Waals surface area contributed by atoms with Crippen LogP contribution in [0.1, 0.15) is 56.2 Å². The van der Waals surface area contributed by atoms with Crippen molar-refractivity contribution < 1.29 is 9.53 Å². The number of rotatable bonds is 8. The van der Waals surface area contributed by atoms with Gasteiger partial charge in [0.25, 0.3) is 0 Å². The smallest absolute Gasteiger partial charge is 0.229 e. The van der Waals surface area contributed by atoms with Crippen LogP contribution in [0.25, 0.3) is 0 Å². The van der Waals surface area contributed by atoms with Gasteiger partial charge in [-0.05, 0) is 54.7 Å². The van der Waals surface area contributed by atoms with Gasteiger partial charge >= 0.3 is 0 Å². The molecule has 2 aliphatic heterocycles. The second-order valence-corrected chi connectivity index (χ2v) is 11.0. The van der Waals surface area contributed by atoms with E-state index in [1.54, 1.807) is 0 Å². The van der Waals surface area contributed by atoms with Crippen LogP contribution in [0, 0.1) is 5.41 Å². The summed E-state index contributed by atoms with van der Waals surface area (Å²) in [6, 6.07) is 16.1. The Hall–Kier alpha value is -1.85. The van der Waals surface area contributed by atoms with Crippen LogP contribution in [0.15, 0.2) is 61.2 Å². The molecule has 6 heteroatoms. The van der Waals surface area contributed by atoms with Crippen LogP contribution in [-0.4, -0.2) is 54.6 Å². The first-order chi connectivity index (χ1) is 16.9. The zero-order chi connectivity index (χ0) is 25.0. The highest BCUT2D eigenvalue weighted by Crippen LogP contribution is 2.52. The van der Waals surface area contributed by atoms with Gasteiger partial charge in [-0.25, -0.2) is 0 Å². The van der Waals surface area contributed by atoms with E-state index < -0.39 is 5.41 Å². The number of ether oxygens (including phenoxy) is 1. The van der Waals surface area contributed by atoms with Crippen LogP contribution >= 0.6 is 23.2 Å². The molecule has 0 aliphatic carbocycles. The summed E-state index contributed by atoms with van der Waals surface area (Å²) in [7, 11) is 0. The minimum Gasteiger partial charge on any atom is -0.379 e. The average molecular weight is 516 g/mol. The molecule has 35 heavy (non-hydrogen) atoms. The van der Waals surface area contributed by atoms with Crippen LogP contribution in [-0.2, 0) is 9.53 Å². The molecule has 2 aromatic rings. The van der Waals surface area contributed by atoms with E-state index in [0.29, 0.717) is 16.5 Å². The van der Waals surface area contributed by atoms with E-state index in [4.69, 9.17) is 27.9 Å². The van der Waals surface area contributed by atoms with Crippen LogP contribution < -0.4 is 0 Å². The van der Waals surface area contributed by atoms with E-state index in [9.17, 15) is 4.79 Å². The molecule has 4 atom stereocenters. The monoisotopic (exact) mass is 514 g/mol. The second kappa shape index (κ2) is 11.5. The van der Waals surface area contributed by atoms with Gasteiger partial charge in [-0.2, -0.15) is 0 Å². The highest BCUT2D eigenvalue weighted by molar-refractivity contribution is 6.30. The molecule has 0 spiro atoms. The maximum atomic E-state index is 14.4. The number of carbonyl (C=O) groups excluding carboxylic acids is 1. The minimum atomic E-state index is -0.532. The number of benzene rings is 2. The van der Waals surface area contributed by atoms with Crippen molar-refractivity contribution >= 4 is 29.1 Å². The third-order valence-electron chi connectivity index (χ3n) is 7.62. The van der Waals surface area contributed by atoms with E-state index >= 15 is 0 Å². The Morgan fingerprint density at radius 3 is 2.46 bits per heavy atom. The van der Waals surface area contributed by atoms with Gasteiger partial charge in [0.05, 0.1) is 24.7 Å². The zero-order valence-electron chi connectivity index (χ0n) is 20.8. The fourth-order valence-corrected chi connectivity index (χ4v) is 6.11. The fourth-order valence-electron chi connectivity index (χ4n) is 5.78. The molecule has 0 N–H and O–H groups in total. The van der Waals surface area contributed by atoms with E-state index in [1.807, 2.05) is 30.3 Å². The average Bonchev–Trinajstić information content (AvgIpc) is 2.86. The Balaban J connectivity index is 1.83. The summed E-state index contributed by atoms with van der Waals surface area (Å²) >= 11 is 12.7. The summed E-state index contributed by atoms with van der Waals surface area (Å²) in [5.41, 5.74) is 1.73. The number of morpholine rings is 1. The predicted octanol–water partition coefficient (Wildman–Crippen LogP) is 6.74. The molecule has 1 amide bonds. The second-order valence-electron chi connectivity index (χ2n) is 10.1. The molecule has 2 heterocycles. The number of nitrogens with zero attached hydrogens (tertiary/aromatic N) is 2. The Morgan fingerprint density at radius 1 is 1.11 bits per heavy atom. The van der Waals surface area contributed by atoms with Crippen molar-refractivity contribution in [3.63, 3.8) is 0 Å². The number of allylic oxidation sites excluding steroid dienone is 1. The quantitative estimate of drug-likeness (QED) is 0.365. The molecule has 0 aromatic heterocycles. The van der Waals surface area contributed by atoms with E-state index in [0.717, 1.165) is 56.8 Å². The molecule has 188 valence electrons. The van der Waals surface area contributed by atoms with Gasteiger partial charge in [-0.3, -0.25) is 9.69 Å². The maximum absolute atomic E-state index is 14.4. The molecule has 2 fully saturated rings. The molecule has 2 saturated heterocycles. The zero-order valence-corrected chi connectivity index (χ0v) is 22.3. The molecule has 0 saturated carbocycles. The number of amides is 1. The van der Waals surface area contributed by atoms with Crippen molar-refractivity contribution in [2.24, 2.45) is 5.41 Å². The van der Waals surface area contributed by atoms with Crippen molar-refractivity contribution in [1.29, 1.82) is 0 Å². The normalized spacial score (nSPS) is 26.5. The van der Waals surface area contributed by atoms with Gasteiger partial charge in [0.1, 0.15) is 0 Å². The lowest BCUT2D eigenvalue weighted by molar-refractivity contribution is -0.155. The lowest BCUT2D eigenvalue weighted by Gasteiger charge is -2.52. The summed E-state index contributed by atoms with van der Waals surface area (Å²) in [6.07, 6.45) is 4.13. The minimum absolute atomic E-state index is 0.0763. The lowest BCUT2D eigenvalue weighted by Crippen LogP contribution is -2.58. The third kappa shape index (κ3) is 5.77. The Labute approximate surface area is 219 Å². The summed E-state index contributed by atoms with van der Waals surface area (Å²) in [5.74, 6) is 0.298. The van der Waals surface area contributed by atoms with Crippen molar-refractivity contribution in [3.05, 3.63) is 82.4 Å². The molecule has 2 aliphatic rings. The molecule has 0 bridgehead atoms. The standard InChI is InChI=1S/C29H36Cl2N2O2/c1-4-13-29(3)19-26(22-7-6-8-24(31)18-22)27(21-9-11-23(30)12-10-21)33(28(29)34)25(5-2)20-32-14-16-35-17-15-32/h4,6-12,18,25-27H,1,5,13-17,19-20H2,2-3H3/t25-,26+,27+,29-/m0/s1. The van der Waals surface area contributed by atoms with E-state index in [-0.39, 0.29) is 23.9 Å². The SMILES string of the molecule is C=CC[C@@]1(C)C[C@H](c2cccc(Cl)c2)[C@@H](c2ccc(Cl)cc2)N([C@@H](CC)CN2CCOCC2)C1=O. The number of likely N-dealkylation sites (tertiary alicyclic amines) is 1. The van der Waals surface area contributed by atoms with Crippen molar-refractivity contribution in [1.82, 2.24) is 9.80 Å². The molecule has 0 unspecified atom stereocenters. The number of hydrogen-bond donors (Lipinski definition) is 0. The number of piperidine rings is 1. The summed E-state index contributed by atoms with van der Waals surface area (Å²) in [6.45, 7) is 12.4. The summed E-state index contributed by atoms with van der Waals surface area (Å²) in [5, 5.41) is 1.41. The number of hydrogen-bond acceptors (Lipinski definition) is 3. The van der Waals surface area contributed by atoms with Gasteiger partial charge in [0, 0.05) is 41.6 Å². The maximum Gasteiger partial charge on any atom is 0.229 e. The number of carbonyl (C=O) groups is 1. The Bertz CT molecular complexity index is 1020. The first-order valence-electron chi connectivity index (χ1n) is 12.6. The summed E-state index contributed by atoms with van der Waals surface area (Å²) in [4.78, 5) is 19.0. The van der Waals surface area contributed by atoms with Gasteiger partial charge in [0.2, 0.25) is 5.91 Å². The first kappa shape index (κ1) is 26.2. The van der Waals surface area contributed by atoms with E-state index in [1.165, 1.54) is 0 Å². The van der Waals surface area contributed by atoms with Crippen molar-refractivity contribution in [3.8, 4) is 0 Å². The van der Waals surface area contributed by atoms with E-state index in [2.05, 4.69) is 54.5 Å². The van der Waals surface area contributed by atoms with Gasteiger partial charge in [-0.15, -0.1) is 6.58 Å². The molecule has 2 aromatic carbocycles. The summed E-state index contributed by atoms with van der Waals surface area (Å²) < 4.78 is 5.58. The molecule has 4 nitrogen and oxygen atoms in total. The Kier molecular flexibility index (Phi) is 8.59. The topological polar surface area (TPSA) is 32.8 Å². The molecule has 0 radical (unpaired) electrons. The Morgan fingerprint density at radius 2 is 1.83 bits per heavy atom. The lowest BCUT2D eigenvalue weighted by atomic mass is 9.67. The van der Waals surface area contributed by atoms with Gasteiger partial charge in [0.15, 0.2) is 0 Å². The molecular weight excluding hydrogens is 479 g/mol. The van der Waals surface area contributed by atoms with Crippen LogP contribution in [0.4, 0.5) is 0 Å². The largest absolute Gasteiger partial charge is 0.379 e. The van der Waals surface area contributed by atoms with Crippen molar-refractivity contribution in [2.45, 2.75) is 51.1 Å². The fraction of sp³-hybridized carbons (Fsp3) is 0.483. The van der Waals surface area contributed by atoms with Gasteiger partial charge < -0.3 is 9.64 Å². The predicted molar refractivity (Wildman–Crippen MR) is 144 cm³/mol. The molecule has 4 rings (SSSR count). The van der Waals surface area contributed by atoms with Gasteiger partial charge in [-0.1, -0.05) is 67.4 Å². The van der Waals surface area contributed by atoms with Crippen molar-refractivity contribution in [2.75, 3.05) is 32.8 Å². The van der Waals surface area contributed by atoms with Crippen LogP contribution in [0.5, 0.6) is 0 Å². The highest BCUT2D eigenvalue weighted by atomic mass is 35.5. The van der Waals surface area contributed by atoms with Crippen LogP contribution in [0.3, 0.4) is 0 Å². The van der Waals surface area contributed by atoms with Crippen LogP contribution in [0.2, 0.25) is 10.0 Å². The third-order valence-corrected chi connectivity index (χ3v) is 8.11. The number of halogens is 2. The first-order valence-corrected chi connectivity index (χ1v) is 13.4. The molecular formula is C29H36Cl2N2O2.